The predicted molar refractivity (Wildman–Crippen MR) is 293 cm³/mol. The Kier molecular flexibility index (Phi) is 11.5. The Bertz CT molecular complexity index is 3920. The van der Waals surface area contributed by atoms with E-state index in [0.717, 1.165) is 48.8 Å². The van der Waals surface area contributed by atoms with Gasteiger partial charge in [0, 0.05) is 31.2 Å². The van der Waals surface area contributed by atoms with E-state index in [1.165, 1.54) is 55.2 Å². The van der Waals surface area contributed by atoms with Gasteiger partial charge in [-0.05, 0) is 79.5 Å². The smallest absolute Gasteiger partial charge is 0 e. The zero-order chi connectivity index (χ0) is 51.9. The molecule has 0 atom stereocenters. The van der Waals surface area contributed by atoms with Crippen LogP contribution in [0.15, 0.2) is 150 Å². The van der Waals surface area contributed by atoms with Crippen LogP contribution in [0.1, 0.15) is 89.4 Å². The Morgan fingerprint density at radius 1 is 0.739 bits per heavy atom. The summed E-state index contributed by atoms with van der Waals surface area (Å²) in [5.41, 5.74) is 10.1. The van der Waals surface area contributed by atoms with Crippen molar-refractivity contribution in [3.05, 3.63) is 180 Å². The minimum Gasteiger partial charge on any atom is 0 e. The van der Waals surface area contributed by atoms with Crippen LogP contribution in [0.2, 0.25) is 17.3 Å². The maximum absolute atomic E-state index is 8.80. The number of aryl methyl sites for hydroxylation is 1. The van der Waals surface area contributed by atoms with Crippen LogP contribution in [0.25, 0.3) is 93.6 Å². The van der Waals surface area contributed by atoms with Gasteiger partial charge in [-0.2, -0.15) is 0 Å². The first kappa shape index (κ1) is 42.1. The Balaban J connectivity index is 0.000000207. The Morgan fingerprint density at radius 3 is 2.17 bits per heavy atom. The number of aromatic nitrogens is 3. The van der Waals surface area contributed by atoms with Crippen molar-refractivity contribution in [2.75, 3.05) is 0 Å². The molecule has 0 aliphatic heterocycles. The molecule has 0 spiro atoms. The normalized spacial score (nSPS) is 13.7. The molecule has 0 saturated heterocycles. The van der Waals surface area contributed by atoms with Crippen LogP contribution in [0, 0.1) is 24.4 Å². The van der Waals surface area contributed by atoms with Crippen LogP contribution in [0.3, 0.4) is 0 Å². The molecule has 0 N–H and O–H groups in total. The summed E-state index contributed by atoms with van der Waals surface area (Å²) in [5, 5.41) is 9.68. The predicted octanol–water partition coefficient (Wildman–Crippen LogP) is 17.1. The van der Waals surface area contributed by atoms with Crippen LogP contribution < -0.4 is 4.40 Å². The molecule has 11 aromatic rings. The van der Waals surface area contributed by atoms with Crippen molar-refractivity contribution in [3.63, 3.8) is 0 Å². The second-order valence-corrected chi connectivity index (χ2v) is 31.3. The Labute approximate surface area is 430 Å². The summed E-state index contributed by atoms with van der Waals surface area (Å²) in [6, 6.07) is 54.3. The molecule has 6 heteroatoms. The van der Waals surface area contributed by atoms with E-state index in [9.17, 15) is 0 Å². The van der Waals surface area contributed by atoms with Gasteiger partial charge in [0.05, 0.1) is 22.4 Å². The average Bonchev–Trinajstić information content (AvgIpc) is 3.94. The number of hydrogen-bond donors (Lipinski definition) is 0. The van der Waals surface area contributed by atoms with Crippen molar-refractivity contribution in [1.82, 2.24) is 14.5 Å². The van der Waals surface area contributed by atoms with Gasteiger partial charge < -0.3 is 8.98 Å². The summed E-state index contributed by atoms with van der Waals surface area (Å²) in [5.74, 6) is 8.14. The van der Waals surface area contributed by atoms with E-state index in [0.29, 0.717) is 28.7 Å². The second kappa shape index (κ2) is 18.8. The van der Waals surface area contributed by atoms with Crippen LogP contribution in [-0.2, 0) is 26.5 Å². The van der Waals surface area contributed by atoms with E-state index in [2.05, 4.69) is 176 Å². The SMILES string of the molecule is CC(C)c1cc2ccccc2c(C(C)C)c1-n1c(-c2[c-]ccc3c2oc2ccc4c5ccccc5ccc4c23)nc2ccccc21.[2H]C([2H])([2H])c1c[c-]c(-c2cc(C([2H])([2H])C(C)(C)C)[c]([Ge]([CH3])([CH3])[CH3])cn2)cc1.[Ir]. The van der Waals surface area contributed by atoms with Crippen molar-refractivity contribution in [2.24, 2.45) is 5.41 Å². The first-order valence-corrected chi connectivity index (χ1v) is 31.1. The van der Waals surface area contributed by atoms with Crippen LogP contribution in [0.4, 0.5) is 0 Å². The summed E-state index contributed by atoms with van der Waals surface area (Å²) in [7, 11) is 0. The molecule has 3 heterocycles. The van der Waals surface area contributed by atoms with Gasteiger partial charge in [0.15, 0.2) is 0 Å². The molecule has 3 aromatic heterocycles. The Hall–Kier alpha value is -5.85. The van der Waals surface area contributed by atoms with Gasteiger partial charge in [-0.3, -0.25) is 4.98 Å². The van der Waals surface area contributed by atoms with Crippen LogP contribution in [0.5, 0.6) is 0 Å². The van der Waals surface area contributed by atoms with Gasteiger partial charge in [0.25, 0.3) is 0 Å². The third-order valence-corrected chi connectivity index (χ3v) is 17.2. The molecule has 4 nitrogen and oxygen atoms in total. The molecule has 69 heavy (non-hydrogen) atoms. The van der Waals surface area contributed by atoms with E-state index in [1.54, 1.807) is 12.1 Å². The topological polar surface area (TPSA) is 43.9 Å². The Morgan fingerprint density at radius 2 is 1.46 bits per heavy atom. The quantitative estimate of drug-likeness (QED) is 0.0907. The molecule has 0 fully saturated rings. The van der Waals surface area contributed by atoms with Crippen LogP contribution >= 0.6 is 0 Å². The fraction of sp³-hybridized carbons (Fsp3) is 0.238. The third-order valence-electron chi connectivity index (χ3n) is 12.9. The summed E-state index contributed by atoms with van der Waals surface area (Å²) >= 11 is -2.36. The van der Waals surface area contributed by atoms with Gasteiger partial charge in [-0.25, -0.2) is 0 Å². The third kappa shape index (κ3) is 9.11. The number of nitrogens with zero attached hydrogens (tertiary/aromatic N) is 3. The van der Waals surface area contributed by atoms with Crippen molar-refractivity contribution in [2.45, 2.75) is 90.8 Å². The van der Waals surface area contributed by atoms with Gasteiger partial charge in [-0.1, -0.05) is 118 Å². The molecular weight excluding hydrogens is 1080 g/mol. The van der Waals surface area contributed by atoms with E-state index in [-0.39, 0.29) is 25.7 Å². The molecule has 1 radical (unpaired) electrons. The van der Waals surface area contributed by atoms with E-state index in [1.807, 2.05) is 39.1 Å². The molecule has 0 aliphatic carbocycles. The van der Waals surface area contributed by atoms with Crippen molar-refractivity contribution in [3.8, 4) is 28.3 Å². The van der Waals surface area contributed by atoms with Gasteiger partial charge in [0.2, 0.25) is 0 Å². The number of hydrogen-bond acceptors (Lipinski definition) is 3. The summed E-state index contributed by atoms with van der Waals surface area (Å²) in [6.07, 6.45) is 0.303. The van der Waals surface area contributed by atoms with Crippen LogP contribution in [-0.4, -0.2) is 27.8 Å². The fourth-order valence-electron chi connectivity index (χ4n) is 9.87. The number of imidazole rings is 1. The molecule has 8 aromatic carbocycles. The molecule has 0 unspecified atom stereocenters. The van der Waals surface area contributed by atoms with Gasteiger partial charge >= 0.3 is 145 Å². The molecule has 0 amide bonds. The molecule has 0 aliphatic rings. The molecule has 0 saturated carbocycles. The van der Waals surface area contributed by atoms with Crippen molar-refractivity contribution >= 4 is 83.0 Å². The van der Waals surface area contributed by atoms with E-state index in [4.69, 9.17) is 16.3 Å². The number of fused-ring (bicyclic) bond motifs is 9. The number of pyridine rings is 1. The summed E-state index contributed by atoms with van der Waals surface area (Å²) < 4.78 is 50.3. The molecule has 11 rings (SSSR count). The van der Waals surface area contributed by atoms with Gasteiger partial charge in [0.1, 0.15) is 5.58 Å². The zero-order valence-electron chi connectivity index (χ0n) is 46.1. The number of furan rings is 1. The number of para-hydroxylation sites is 2. The number of rotatable bonds is 7. The second-order valence-electron chi connectivity index (χ2n) is 20.8. The average molecular weight is 1150 g/mol. The maximum atomic E-state index is 8.80. The monoisotopic (exact) mass is 1150 g/mol. The van der Waals surface area contributed by atoms with E-state index >= 15 is 0 Å². The minimum absolute atomic E-state index is 0. The summed E-state index contributed by atoms with van der Waals surface area (Å²) in [6.45, 7) is 12.7. The molecule has 349 valence electrons. The van der Waals surface area contributed by atoms with Crippen molar-refractivity contribution in [1.29, 1.82) is 0 Å². The zero-order valence-corrected chi connectivity index (χ0v) is 45.6. The molecule has 0 bridgehead atoms. The fourth-order valence-corrected chi connectivity index (χ4v) is 12.8. The minimum atomic E-state index is -2.36. The standard InChI is InChI=1S/C43H33N2O.C20H28GeN.Ir/c1-25(2)35-24-28-13-6-8-15-30(28)39(26(3)4)41(35)45-37-19-10-9-18-36(37)44-43(45)34-17-11-16-33-40-32-21-20-27-12-5-7-14-29(27)31(32)22-23-38(40)46-42(33)34;1-15-8-10-16(11-9-15)19-12-17(13-20(2,3)4)18(14-22-19)21(5,6)7;/h5-16,18-26H,1-4H3;8-10,12,14H,13H2,1-7H3;/q2*-1;/i;1D3,13D2;. The largest absolute Gasteiger partial charge is 0 e. The van der Waals surface area contributed by atoms with E-state index < -0.39 is 31.9 Å². The molecular formula is C63H61GeIrN3O-2. The maximum Gasteiger partial charge on any atom is 0 e. The van der Waals surface area contributed by atoms with Gasteiger partial charge in [-0.15, -0.1) is 18.2 Å². The first-order valence-electron chi connectivity index (χ1n) is 26.3. The number of benzene rings is 8. The first-order chi connectivity index (χ1) is 34.5. The van der Waals surface area contributed by atoms with Crippen molar-refractivity contribution < 1.29 is 31.4 Å². The summed E-state index contributed by atoms with van der Waals surface area (Å²) in [4.78, 5) is 9.91.